The summed E-state index contributed by atoms with van der Waals surface area (Å²) in [7, 11) is -5.19. The largest absolute Gasteiger partial charge is 0.534 e. The van der Waals surface area contributed by atoms with Gasteiger partial charge in [0.25, 0.3) is 0 Å². The third-order valence-corrected chi connectivity index (χ3v) is 11.6. The summed E-state index contributed by atoms with van der Waals surface area (Å²) < 4.78 is 109. The van der Waals surface area contributed by atoms with Crippen molar-refractivity contribution in [2.24, 2.45) is 7.05 Å². The molecule has 0 unspecified atom stereocenters. The van der Waals surface area contributed by atoms with Crippen LogP contribution in [0.25, 0.3) is 11.1 Å². The Kier molecular flexibility index (Phi) is 10.2. The van der Waals surface area contributed by atoms with E-state index in [2.05, 4.69) is 19.1 Å². The first-order valence-corrected chi connectivity index (χ1v) is 18.6. The second-order valence-electron chi connectivity index (χ2n) is 12.0. The summed E-state index contributed by atoms with van der Waals surface area (Å²) in [4.78, 5) is 10.6. The molecule has 0 saturated carbocycles. The Bertz CT molecular complexity index is 2270. The van der Waals surface area contributed by atoms with Crippen molar-refractivity contribution in [3.8, 4) is 28.5 Å². The van der Waals surface area contributed by atoms with E-state index >= 15 is 0 Å². The van der Waals surface area contributed by atoms with Gasteiger partial charge in [0.05, 0.1) is 37.7 Å². The topological polar surface area (TPSA) is 133 Å². The molecule has 0 spiro atoms. The molecule has 12 nitrogen and oxygen atoms in total. The lowest BCUT2D eigenvalue weighted by atomic mass is 10.0. The maximum Gasteiger partial charge on any atom is 0.534 e. The van der Waals surface area contributed by atoms with Crippen LogP contribution in [0.4, 0.5) is 18.9 Å². The minimum absolute atomic E-state index is 0.0304. The standard InChI is InChI=1S/C35H34F3N5O7S2/c1-41-23-39-19-29(41)22-42-21-28(16-24-4-7-31(8-5-24)50-52(46,47)35(36,37)38)43(51(44,45)32-11-9-30(48-2)10-12-32)20-27-17-25(6-13-33(27)42)26-14-15-40-34(18-26)49-3/h4-15,17-19,23,28H,16,20-22H2,1-3H3/t28-/m1/s1. The van der Waals surface area contributed by atoms with Crippen LogP contribution >= 0.6 is 0 Å². The Morgan fingerprint density at radius 3 is 2.19 bits per heavy atom. The molecule has 274 valence electrons. The van der Waals surface area contributed by atoms with E-state index in [-0.39, 0.29) is 24.4 Å². The van der Waals surface area contributed by atoms with Crippen LogP contribution in [0.3, 0.4) is 0 Å². The predicted octanol–water partition coefficient (Wildman–Crippen LogP) is 5.55. The van der Waals surface area contributed by atoms with Gasteiger partial charge in [-0.25, -0.2) is 18.4 Å². The zero-order chi connectivity index (χ0) is 37.3. The van der Waals surface area contributed by atoms with Crippen molar-refractivity contribution < 1.29 is 43.7 Å². The smallest absolute Gasteiger partial charge is 0.497 e. The number of methoxy groups -OCH3 is 2. The first kappa shape index (κ1) is 36.7. The Morgan fingerprint density at radius 1 is 0.865 bits per heavy atom. The quantitative estimate of drug-likeness (QED) is 0.125. The first-order chi connectivity index (χ1) is 24.7. The number of sulfonamides is 1. The number of nitrogens with zero attached hydrogens (tertiary/aromatic N) is 5. The fourth-order valence-electron chi connectivity index (χ4n) is 5.98. The number of fused-ring (bicyclic) bond motifs is 1. The van der Waals surface area contributed by atoms with Gasteiger partial charge in [0.1, 0.15) is 11.5 Å². The van der Waals surface area contributed by atoms with Crippen molar-refractivity contribution in [1.82, 2.24) is 18.8 Å². The van der Waals surface area contributed by atoms with E-state index in [9.17, 15) is 30.0 Å². The lowest BCUT2D eigenvalue weighted by molar-refractivity contribution is -0.0500. The third kappa shape index (κ3) is 7.70. The SMILES string of the molecule is COc1ccc(S(=O)(=O)N2Cc3cc(-c4ccnc(OC)c4)ccc3N(Cc3cncn3C)C[C@H]2Cc2ccc(OS(=O)(=O)C(F)(F)F)cc2)cc1. The predicted molar refractivity (Wildman–Crippen MR) is 186 cm³/mol. The number of pyridine rings is 1. The van der Waals surface area contributed by atoms with Crippen molar-refractivity contribution in [2.45, 2.75) is 36.0 Å². The minimum Gasteiger partial charge on any atom is -0.497 e. The zero-order valence-electron chi connectivity index (χ0n) is 28.2. The molecule has 0 radical (unpaired) electrons. The molecule has 17 heteroatoms. The molecule has 0 N–H and O–H groups in total. The molecule has 52 heavy (non-hydrogen) atoms. The molecular weight excluding hydrogens is 724 g/mol. The highest BCUT2D eigenvalue weighted by Crippen LogP contribution is 2.37. The van der Waals surface area contributed by atoms with Gasteiger partial charge in [-0.2, -0.15) is 25.9 Å². The number of hydrogen-bond acceptors (Lipinski definition) is 10. The molecule has 2 aromatic heterocycles. The second-order valence-corrected chi connectivity index (χ2v) is 15.4. The minimum atomic E-state index is -5.87. The van der Waals surface area contributed by atoms with E-state index in [1.807, 2.05) is 35.9 Å². The highest BCUT2D eigenvalue weighted by molar-refractivity contribution is 7.89. The number of alkyl halides is 3. The van der Waals surface area contributed by atoms with Gasteiger partial charge >= 0.3 is 15.6 Å². The van der Waals surface area contributed by atoms with E-state index in [1.54, 1.807) is 36.9 Å². The van der Waals surface area contributed by atoms with Crippen molar-refractivity contribution >= 4 is 25.8 Å². The van der Waals surface area contributed by atoms with Gasteiger partial charge in [-0.3, -0.25) is 0 Å². The monoisotopic (exact) mass is 757 g/mol. The molecule has 5 aromatic rings. The molecule has 0 amide bonds. The van der Waals surface area contributed by atoms with Crippen molar-refractivity contribution in [3.63, 3.8) is 0 Å². The number of imidazole rings is 1. The summed E-state index contributed by atoms with van der Waals surface area (Å²) in [5.41, 5.74) is -1.06. The Labute approximate surface area is 299 Å². The van der Waals surface area contributed by atoms with Crippen LogP contribution in [-0.4, -0.2) is 68.0 Å². The summed E-state index contributed by atoms with van der Waals surface area (Å²) in [5, 5.41) is 0. The van der Waals surface area contributed by atoms with E-state index in [0.29, 0.717) is 23.7 Å². The molecule has 1 aliphatic rings. The van der Waals surface area contributed by atoms with Crippen LogP contribution in [-0.2, 0) is 46.7 Å². The molecule has 1 aliphatic heterocycles. The summed E-state index contributed by atoms with van der Waals surface area (Å²) in [6, 6.07) is 19.8. The Balaban J connectivity index is 1.44. The second kappa shape index (κ2) is 14.5. The fourth-order valence-corrected chi connectivity index (χ4v) is 8.03. The number of ether oxygens (including phenoxy) is 2. The maximum atomic E-state index is 14.6. The van der Waals surface area contributed by atoms with E-state index in [0.717, 1.165) is 40.2 Å². The van der Waals surface area contributed by atoms with E-state index in [4.69, 9.17) is 9.47 Å². The van der Waals surface area contributed by atoms with Crippen molar-refractivity contribution in [2.75, 3.05) is 25.7 Å². The van der Waals surface area contributed by atoms with Crippen molar-refractivity contribution in [3.05, 3.63) is 114 Å². The first-order valence-electron chi connectivity index (χ1n) is 15.8. The van der Waals surface area contributed by atoms with E-state index < -0.39 is 37.4 Å². The van der Waals surface area contributed by atoms with Gasteiger partial charge in [0, 0.05) is 50.3 Å². The molecule has 0 aliphatic carbocycles. The molecule has 0 fully saturated rings. The summed E-state index contributed by atoms with van der Waals surface area (Å²) in [6.45, 7) is 0.551. The molecule has 1 atom stereocenters. The summed E-state index contributed by atoms with van der Waals surface area (Å²) in [5.74, 6) is 0.364. The Hall–Kier alpha value is -5.13. The number of rotatable bonds is 11. The van der Waals surface area contributed by atoms with Gasteiger partial charge in [0.15, 0.2) is 0 Å². The maximum absolute atomic E-state index is 14.6. The number of hydrogen-bond donors (Lipinski definition) is 0. The van der Waals surface area contributed by atoms with Gasteiger partial charge < -0.3 is 23.1 Å². The van der Waals surface area contributed by atoms with E-state index in [1.165, 1.54) is 42.8 Å². The summed E-state index contributed by atoms with van der Waals surface area (Å²) >= 11 is 0. The van der Waals surface area contributed by atoms with Gasteiger partial charge in [0.2, 0.25) is 15.9 Å². The lowest BCUT2D eigenvalue weighted by Gasteiger charge is -2.32. The zero-order valence-corrected chi connectivity index (χ0v) is 29.8. The average molecular weight is 758 g/mol. The Morgan fingerprint density at radius 2 is 1.56 bits per heavy atom. The molecular formula is C35H34F3N5O7S2. The van der Waals surface area contributed by atoms with Crippen molar-refractivity contribution in [1.29, 1.82) is 0 Å². The van der Waals surface area contributed by atoms with Gasteiger partial charge in [-0.15, -0.1) is 0 Å². The van der Waals surface area contributed by atoms with Crippen LogP contribution in [0.15, 0.2) is 102 Å². The third-order valence-electron chi connectivity index (χ3n) is 8.68. The number of aryl methyl sites for hydroxylation is 1. The number of anilines is 1. The normalized spacial score (nSPS) is 15.5. The fraction of sp³-hybridized carbons (Fsp3) is 0.257. The highest BCUT2D eigenvalue weighted by atomic mass is 32.2. The number of halogens is 3. The summed E-state index contributed by atoms with van der Waals surface area (Å²) in [6.07, 6.45) is 5.15. The molecule has 0 bridgehead atoms. The molecule has 3 aromatic carbocycles. The molecule has 3 heterocycles. The number of aromatic nitrogens is 3. The van der Waals surface area contributed by atoms with Crippen LogP contribution in [0.2, 0.25) is 0 Å². The average Bonchev–Trinajstić information content (AvgIpc) is 3.46. The highest BCUT2D eigenvalue weighted by Gasteiger charge is 2.48. The molecule has 0 saturated heterocycles. The van der Waals surface area contributed by atoms with Gasteiger partial charge in [-0.05, 0) is 83.3 Å². The van der Waals surface area contributed by atoms with Crippen LogP contribution in [0.5, 0.6) is 17.4 Å². The van der Waals surface area contributed by atoms with Crippen LogP contribution in [0.1, 0.15) is 16.8 Å². The lowest BCUT2D eigenvalue weighted by Crippen LogP contribution is -2.45. The van der Waals surface area contributed by atoms with Gasteiger partial charge in [-0.1, -0.05) is 18.2 Å². The number of benzene rings is 3. The van der Waals surface area contributed by atoms with Crippen LogP contribution in [0, 0.1) is 0 Å². The molecule has 6 rings (SSSR count). The van der Waals surface area contributed by atoms with Crippen LogP contribution < -0.4 is 18.6 Å².